The van der Waals surface area contributed by atoms with Gasteiger partial charge in [-0.05, 0) is 31.2 Å². The molecule has 2 N–H and O–H groups in total. The maximum Gasteiger partial charge on any atom is 0.157 e. The van der Waals surface area contributed by atoms with Crippen LogP contribution in [0.2, 0.25) is 0 Å². The van der Waals surface area contributed by atoms with Crippen molar-refractivity contribution in [1.82, 2.24) is 14.9 Å². The zero-order valence-electron chi connectivity index (χ0n) is 11.0. The molecular weight excluding hydrogens is 252 g/mol. The summed E-state index contributed by atoms with van der Waals surface area (Å²) in [6.07, 6.45) is 7.44. The fourth-order valence-electron chi connectivity index (χ4n) is 1.84. The molecule has 0 bridgehead atoms. The topological polar surface area (TPSA) is 69.9 Å². The van der Waals surface area contributed by atoms with Crippen LogP contribution in [0.25, 0.3) is 17.8 Å². The highest BCUT2D eigenvalue weighted by Gasteiger charge is 2.05. The first-order chi connectivity index (χ1) is 9.74. The number of aryl methyl sites for hydroxylation is 1. The van der Waals surface area contributed by atoms with Crippen molar-refractivity contribution < 1.29 is 4.52 Å². The van der Waals surface area contributed by atoms with Gasteiger partial charge in [-0.15, -0.1) is 0 Å². The summed E-state index contributed by atoms with van der Waals surface area (Å²) in [5.41, 5.74) is 9.02. The first-order valence-corrected chi connectivity index (χ1v) is 6.24. The molecule has 5 nitrogen and oxygen atoms in total. The number of hydrogen-bond acceptors (Lipinski definition) is 4. The number of nitrogens with zero attached hydrogens (tertiary/aromatic N) is 3. The second-order valence-electron chi connectivity index (χ2n) is 4.42. The lowest BCUT2D eigenvalue weighted by molar-refractivity contribution is 0.397. The van der Waals surface area contributed by atoms with Gasteiger partial charge in [-0.3, -0.25) is 0 Å². The van der Waals surface area contributed by atoms with E-state index >= 15 is 0 Å². The number of nitrogen functional groups attached to an aromatic ring is 1. The van der Waals surface area contributed by atoms with E-state index in [1.165, 1.54) is 0 Å². The third-order valence-electron chi connectivity index (χ3n) is 2.99. The summed E-state index contributed by atoms with van der Waals surface area (Å²) in [6, 6.07) is 9.93. The van der Waals surface area contributed by atoms with E-state index in [9.17, 15) is 0 Å². The normalized spacial score (nSPS) is 11.2. The predicted octanol–water partition coefficient (Wildman–Crippen LogP) is 2.92. The van der Waals surface area contributed by atoms with E-state index in [1.807, 2.05) is 53.4 Å². The third kappa shape index (κ3) is 2.33. The smallest absolute Gasteiger partial charge is 0.157 e. The average molecular weight is 266 g/mol. The van der Waals surface area contributed by atoms with E-state index in [-0.39, 0.29) is 0 Å². The Kier molecular flexibility index (Phi) is 3.09. The summed E-state index contributed by atoms with van der Waals surface area (Å²) >= 11 is 0. The van der Waals surface area contributed by atoms with Crippen molar-refractivity contribution in [3.05, 3.63) is 59.7 Å². The summed E-state index contributed by atoms with van der Waals surface area (Å²) in [5, 5.41) is 8.20. The molecule has 3 aromatic rings. The minimum Gasteiger partial charge on any atom is -0.394 e. The van der Waals surface area contributed by atoms with Crippen LogP contribution in [-0.4, -0.2) is 14.9 Å². The molecule has 5 heteroatoms. The first-order valence-electron chi connectivity index (χ1n) is 6.24. The van der Waals surface area contributed by atoms with E-state index in [0.717, 1.165) is 11.3 Å². The highest BCUT2D eigenvalue weighted by atomic mass is 16.5. The molecule has 20 heavy (non-hydrogen) atoms. The fourth-order valence-corrected chi connectivity index (χ4v) is 1.84. The molecule has 0 radical (unpaired) electrons. The maximum atomic E-state index is 5.83. The first kappa shape index (κ1) is 12.2. The number of hydrogen-bond donors (Lipinski definition) is 1. The maximum absolute atomic E-state index is 5.83. The Morgan fingerprint density at radius 2 is 2.00 bits per heavy atom. The van der Waals surface area contributed by atoms with E-state index < -0.39 is 0 Å². The van der Waals surface area contributed by atoms with Crippen LogP contribution in [0.15, 0.2) is 47.2 Å². The van der Waals surface area contributed by atoms with Crippen molar-refractivity contribution >= 4 is 17.8 Å². The van der Waals surface area contributed by atoms with Crippen LogP contribution in [0.4, 0.5) is 5.69 Å². The number of benzene rings is 1. The van der Waals surface area contributed by atoms with Crippen molar-refractivity contribution in [3.8, 4) is 5.69 Å². The summed E-state index contributed by atoms with van der Waals surface area (Å²) in [5.74, 6) is 0.629. The van der Waals surface area contributed by atoms with Crippen molar-refractivity contribution in [1.29, 1.82) is 0 Å². The molecule has 0 saturated heterocycles. The minimum absolute atomic E-state index is 0.566. The highest BCUT2D eigenvalue weighted by Crippen LogP contribution is 2.18. The molecule has 3 rings (SSSR count). The molecule has 100 valence electrons. The van der Waals surface area contributed by atoms with Gasteiger partial charge in [-0.2, -0.15) is 5.10 Å². The third-order valence-corrected chi connectivity index (χ3v) is 2.99. The van der Waals surface area contributed by atoms with Crippen molar-refractivity contribution in [3.63, 3.8) is 0 Å². The molecule has 0 unspecified atom stereocenters. The van der Waals surface area contributed by atoms with Gasteiger partial charge < -0.3 is 10.3 Å². The highest BCUT2D eigenvalue weighted by molar-refractivity contribution is 5.73. The average Bonchev–Trinajstić information content (AvgIpc) is 3.07. The Balaban J connectivity index is 1.83. The van der Waals surface area contributed by atoms with Gasteiger partial charge in [0.25, 0.3) is 0 Å². The molecule has 0 fully saturated rings. The Labute approximate surface area is 116 Å². The summed E-state index contributed by atoms with van der Waals surface area (Å²) in [4.78, 5) is 0. The molecule has 0 aliphatic rings. The largest absolute Gasteiger partial charge is 0.394 e. The van der Waals surface area contributed by atoms with Gasteiger partial charge >= 0.3 is 0 Å². The van der Waals surface area contributed by atoms with Crippen LogP contribution < -0.4 is 5.73 Å². The van der Waals surface area contributed by atoms with Crippen LogP contribution in [0.3, 0.4) is 0 Å². The van der Waals surface area contributed by atoms with E-state index in [1.54, 1.807) is 13.1 Å². The summed E-state index contributed by atoms with van der Waals surface area (Å²) in [7, 11) is 0. The van der Waals surface area contributed by atoms with Gasteiger partial charge in [-0.25, -0.2) is 4.68 Å². The predicted molar refractivity (Wildman–Crippen MR) is 78.1 cm³/mol. The Bertz CT molecular complexity index is 740. The van der Waals surface area contributed by atoms with Crippen LogP contribution in [0.5, 0.6) is 0 Å². The van der Waals surface area contributed by atoms with Crippen molar-refractivity contribution in [2.45, 2.75) is 6.92 Å². The van der Waals surface area contributed by atoms with Gasteiger partial charge in [0, 0.05) is 11.8 Å². The zero-order valence-corrected chi connectivity index (χ0v) is 11.0. The number of para-hydroxylation sites is 1. The van der Waals surface area contributed by atoms with Gasteiger partial charge in [-0.1, -0.05) is 23.4 Å². The molecule has 0 aliphatic heterocycles. The number of aromatic nitrogens is 3. The second-order valence-corrected chi connectivity index (χ2v) is 4.42. The van der Waals surface area contributed by atoms with Gasteiger partial charge in [0.2, 0.25) is 0 Å². The lowest BCUT2D eigenvalue weighted by Crippen LogP contribution is -1.92. The second kappa shape index (κ2) is 5.05. The Morgan fingerprint density at radius 3 is 2.70 bits per heavy atom. The number of nitrogens with two attached hydrogens (primary N) is 1. The van der Waals surface area contributed by atoms with Crippen LogP contribution in [0.1, 0.15) is 17.0 Å². The quantitative estimate of drug-likeness (QED) is 0.791. The van der Waals surface area contributed by atoms with Crippen LogP contribution in [0, 0.1) is 6.92 Å². The lowest BCUT2D eigenvalue weighted by Gasteiger charge is -1.98. The van der Waals surface area contributed by atoms with Gasteiger partial charge in [0.15, 0.2) is 5.76 Å². The number of rotatable bonds is 3. The molecule has 0 spiro atoms. The van der Waals surface area contributed by atoms with Crippen LogP contribution >= 0.6 is 0 Å². The molecule has 2 heterocycles. The van der Waals surface area contributed by atoms with Gasteiger partial charge in [0.1, 0.15) is 11.4 Å². The van der Waals surface area contributed by atoms with E-state index in [0.29, 0.717) is 17.1 Å². The monoisotopic (exact) mass is 266 g/mol. The van der Waals surface area contributed by atoms with E-state index in [2.05, 4.69) is 10.3 Å². The molecule has 0 atom stereocenters. The van der Waals surface area contributed by atoms with Crippen molar-refractivity contribution in [2.75, 3.05) is 5.73 Å². The molecule has 1 aromatic carbocycles. The van der Waals surface area contributed by atoms with Gasteiger partial charge in [0.05, 0.1) is 11.9 Å². The SMILES string of the molecule is Cc1onc(/C=C/c2cnn(-c3ccccc3)c2)c1N. The minimum atomic E-state index is 0.566. The molecule has 0 saturated carbocycles. The molecular formula is C15H14N4O. The lowest BCUT2D eigenvalue weighted by atomic mass is 10.2. The van der Waals surface area contributed by atoms with E-state index in [4.69, 9.17) is 10.3 Å². The fraction of sp³-hybridized carbons (Fsp3) is 0.0667. The number of anilines is 1. The molecule has 0 amide bonds. The Morgan fingerprint density at radius 1 is 1.20 bits per heavy atom. The molecule has 2 aromatic heterocycles. The molecule has 0 aliphatic carbocycles. The summed E-state index contributed by atoms with van der Waals surface area (Å²) in [6.45, 7) is 1.78. The standard InChI is InChI=1S/C15H14N4O/c1-11-15(16)14(18-20-11)8-7-12-9-17-19(10-12)13-5-3-2-4-6-13/h2-10H,16H2,1H3/b8-7+. The zero-order chi connectivity index (χ0) is 13.9. The van der Waals surface area contributed by atoms with Crippen LogP contribution in [-0.2, 0) is 0 Å². The summed E-state index contributed by atoms with van der Waals surface area (Å²) < 4.78 is 6.83. The Hall–Kier alpha value is -2.82. The van der Waals surface area contributed by atoms with Crippen molar-refractivity contribution in [2.24, 2.45) is 0 Å².